The number of pyridine rings is 1. The van der Waals surface area contributed by atoms with Crippen LogP contribution >= 0.6 is 0 Å². The Kier molecular flexibility index (Phi) is 3.73. The van der Waals surface area contributed by atoms with Crippen LogP contribution in [0.5, 0.6) is 5.75 Å². The van der Waals surface area contributed by atoms with E-state index in [1.807, 2.05) is 0 Å². The molecule has 88 valence electrons. The molecule has 0 atom stereocenters. The number of carbonyl (C=O) groups is 1. The maximum atomic E-state index is 12.7. The molecule has 0 fully saturated rings. The van der Waals surface area contributed by atoms with E-state index in [1.165, 1.54) is 0 Å². The van der Waals surface area contributed by atoms with Gasteiger partial charge in [-0.05, 0) is 5.56 Å². The number of aromatic carboxylic acids is 1. The molecule has 0 unspecified atom stereocenters. The minimum absolute atomic E-state index is 0.0665. The summed E-state index contributed by atoms with van der Waals surface area (Å²) >= 11 is 0. The van der Waals surface area contributed by atoms with E-state index in [0.717, 1.165) is 13.3 Å². The van der Waals surface area contributed by atoms with Crippen molar-refractivity contribution in [3.8, 4) is 5.75 Å². The summed E-state index contributed by atoms with van der Waals surface area (Å²) in [5.41, 5.74) is 4.27. The molecule has 7 heteroatoms. The second-order valence-electron chi connectivity index (χ2n) is 2.89. The quantitative estimate of drug-likeness (QED) is 0.814. The van der Waals surface area contributed by atoms with Crippen LogP contribution < -0.4 is 10.5 Å². The summed E-state index contributed by atoms with van der Waals surface area (Å²) in [7, 11) is 1.11. The second-order valence-corrected chi connectivity index (χ2v) is 2.89. The fraction of sp³-hybridized carbons (Fsp3) is 0.333. The number of ether oxygens (including phenoxy) is 1. The minimum atomic E-state index is -2.87. The van der Waals surface area contributed by atoms with Crippen molar-refractivity contribution in [1.82, 2.24) is 4.98 Å². The zero-order chi connectivity index (χ0) is 12.3. The van der Waals surface area contributed by atoms with Gasteiger partial charge in [0.15, 0.2) is 11.4 Å². The normalized spacial score (nSPS) is 10.6. The van der Waals surface area contributed by atoms with E-state index >= 15 is 0 Å². The number of nitrogens with zero attached hydrogens (tertiary/aromatic N) is 1. The van der Waals surface area contributed by atoms with Crippen molar-refractivity contribution in [2.24, 2.45) is 5.73 Å². The standard InChI is InChI=1S/C9H10F2N2O3/c1-16-7-5(8(10)11)4(2-12)3-13-6(7)9(14)15/h3,8H,2,12H2,1H3,(H,14,15). The highest BCUT2D eigenvalue weighted by Crippen LogP contribution is 2.33. The highest BCUT2D eigenvalue weighted by Gasteiger charge is 2.25. The zero-order valence-electron chi connectivity index (χ0n) is 8.41. The summed E-state index contributed by atoms with van der Waals surface area (Å²) < 4.78 is 30.2. The Morgan fingerprint density at radius 1 is 1.69 bits per heavy atom. The lowest BCUT2D eigenvalue weighted by atomic mass is 10.1. The first kappa shape index (κ1) is 12.3. The fourth-order valence-electron chi connectivity index (χ4n) is 1.30. The Hall–Kier alpha value is -1.76. The van der Waals surface area contributed by atoms with Crippen LogP contribution in [0.3, 0.4) is 0 Å². The predicted octanol–water partition coefficient (Wildman–Crippen LogP) is 1.18. The van der Waals surface area contributed by atoms with Crippen molar-refractivity contribution in [2.45, 2.75) is 13.0 Å². The topological polar surface area (TPSA) is 85.4 Å². The first-order valence-electron chi connectivity index (χ1n) is 4.30. The molecule has 0 saturated heterocycles. The summed E-state index contributed by atoms with van der Waals surface area (Å²) in [5.74, 6) is -1.87. The van der Waals surface area contributed by atoms with E-state index in [1.54, 1.807) is 0 Å². The van der Waals surface area contributed by atoms with Crippen molar-refractivity contribution < 1.29 is 23.4 Å². The Morgan fingerprint density at radius 2 is 2.31 bits per heavy atom. The third-order valence-corrected chi connectivity index (χ3v) is 2.00. The van der Waals surface area contributed by atoms with Gasteiger partial charge in [-0.25, -0.2) is 18.6 Å². The van der Waals surface area contributed by atoms with Crippen molar-refractivity contribution in [2.75, 3.05) is 7.11 Å². The van der Waals surface area contributed by atoms with Gasteiger partial charge in [-0.15, -0.1) is 0 Å². The molecule has 0 aliphatic heterocycles. The highest BCUT2D eigenvalue weighted by atomic mass is 19.3. The molecule has 0 bridgehead atoms. The van der Waals surface area contributed by atoms with Crippen LogP contribution in [0.4, 0.5) is 8.78 Å². The van der Waals surface area contributed by atoms with Crippen molar-refractivity contribution >= 4 is 5.97 Å². The lowest BCUT2D eigenvalue weighted by molar-refractivity contribution is 0.0685. The lowest BCUT2D eigenvalue weighted by Gasteiger charge is -2.13. The maximum absolute atomic E-state index is 12.7. The molecule has 1 aromatic heterocycles. The van der Waals surface area contributed by atoms with Gasteiger partial charge in [0, 0.05) is 12.7 Å². The van der Waals surface area contributed by atoms with Gasteiger partial charge in [0.1, 0.15) is 0 Å². The van der Waals surface area contributed by atoms with E-state index < -0.39 is 29.4 Å². The number of hydrogen-bond acceptors (Lipinski definition) is 4. The first-order chi connectivity index (χ1) is 7.52. The molecule has 1 heterocycles. The van der Waals surface area contributed by atoms with E-state index in [2.05, 4.69) is 9.72 Å². The van der Waals surface area contributed by atoms with Gasteiger partial charge in [0.05, 0.1) is 12.7 Å². The summed E-state index contributed by atoms with van der Waals surface area (Å²) in [6, 6.07) is 0. The third-order valence-electron chi connectivity index (χ3n) is 2.00. The van der Waals surface area contributed by atoms with Gasteiger partial charge in [-0.3, -0.25) is 0 Å². The van der Waals surface area contributed by atoms with Gasteiger partial charge < -0.3 is 15.6 Å². The molecule has 0 aromatic carbocycles. The summed E-state index contributed by atoms with van der Waals surface area (Å²) in [5, 5.41) is 8.75. The molecule has 0 spiro atoms. The van der Waals surface area contributed by atoms with Gasteiger partial charge in [0.2, 0.25) is 0 Å². The molecule has 3 N–H and O–H groups in total. The van der Waals surface area contributed by atoms with Crippen LogP contribution in [0.25, 0.3) is 0 Å². The molecule has 0 aliphatic rings. The van der Waals surface area contributed by atoms with Crippen molar-refractivity contribution in [3.63, 3.8) is 0 Å². The number of aromatic nitrogens is 1. The molecule has 0 saturated carbocycles. The third kappa shape index (κ3) is 2.08. The van der Waals surface area contributed by atoms with Crippen LogP contribution in [0.1, 0.15) is 28.0 Å². The van der Waals surface area contributed by atoms with E-state index in [4.69, 9.17) is 10.8 Å². The number of hydrogen-bond donors (Lipinski definition) is 2. The number of carboxylic acids is 1. The predicted molar refractivity (Wildman–Crippen MR) is 50.6 cm³/mol. The molecular weight excluding hydrogens is 222 g/mol. The summed E-state index contributed by atoms with van der Waals surface area (Å²) in [6.45, 7) is -0.164. The zero-order valence-corrected chi connectivity index (χ0v) is 8.41. The molecule has 16 heavy (non-hydrogen) atoms. The van der Waals surface area contributed by atoms with E-state index in [0.29, 0.717) is 0 Å². The Labute approximate surface area is 89.9 Å². The van der Waals surface area contributed by atoms with Crippen molar-refractivity contribution in [3.05, 3.63) is 23.0 Å². The number of halogens is 2. The van der Waals surface area contributed by atoms with Gasteiger partial charge in [-0.1, -0.05) is 0 Å². The van der Waals surface area contributed by atoms with Crippen LogP contribution in [-0.2, 0) is 6.54 Å². The maximum Gasteiger partial charge on any atom is 0.358 e. The van der Waals surface area contributed by atoms with Gasteiger partial charge in [0.25, 0.3) is 6.43 Å². The van der Waals surface area contributed by atoms with E-state index in [-0.39, 0.29) is 12.1 Å². The highest BCUT2D eigenvalue weighted by molar-refractivity contribution is 5.89. The molecule has 0 radical (unpaired) electrons. The monoisotopic (exact) mass is 232 g/mol. The van der Waals surface area contributed by atoms with Gasteiger partial charge >= 0.3 is 5.97 Å². The molecular formula is C9H10F2N2O3. The lowest BCUT2D eigenvalue weighted by Crippen LogP contribution is -2.11. The molecule has 0 aliphatic carbocycles. The van der Waals surface area contributed by atoms with Crippen LogP contribution in [0.2, 0.25) is 0 Å². The fourth-order valence-corrected chi connectivity index (χ4v) is 1.30. The average molecular weight is 232 g/mol. The van der Waals surface area contributed by atoms with Crippen LogP contribution in [0, 0.1) is 0 Å². The molecule has 0 amide bonds. The Bertz CT molecular complexity index is 410. The number of methoxy groups -OCH3 is 1. The minimum Gasteiger partial charge on any atom is -0.494 e. The number of nitrogens with two attached hydrogens (primary N) is 1. The van der Waals surface area contributed by atoms with Crippen molar-refractivity contribution in [1.29, 1.82) is 0 Å². The molecule has 5 nitrogen and oxygen atoms in total. The first-order valence-corrected chi connectivity index (χ1v) is 4.30. The number of alkyl halides is 2. The second kappa shape index (κ2) is 4.84. The largest absolute Gasteiger partial charge is 0.494 e. The smallest absolute Gasteiger partial charge is 0.358 e. The SMILES string of the molecule is COc1c(C(=O)O)ncc(CN)c1C(F)F. The molecule has 1 rings (SSSR count). The van der Waals surface area contributed by atoms with Crippen LogP contribution in [0.15, 0.2) is 6.20 Å². The van der Waals surface area contributed by atoms with E-state index in [9.17, 15) is 13.6 Å². The summed E-state index contributed by atoms with van der Waals surface area (Å²) in [4.78, 5) is 14.3. The van der Waals surface area contributed by atoms with Crippen LogP contribution in [-0.4, -0.2) is 23.2 Å². The Balaban J connectivity index is 3.49. The Morgan fingerprint density at radius 3 is 2.69 bits per heavy atom. The summed E-state index contributed by atoms with van der Waals surface area (Å²) in [6.07, 6.45) is -1.84. The average Bonchev–Trinajstić information content (AvgIpc) is 2.26. The number of carboxylic acid groups (broad SMARTS) is 1. The molecule has 1 aromatic rings. The van der Waals surface area contributed by atoms with Gasteiger partial charge in [-0.2, -0.15) is 0 Å². The number of rotatable bonds is 4.